The number of methoxy groups -OCH3 is 1. The molecule has 36 heavy (non-hydrogen) atoms. The fraction of sp³-hybridized carbons (Fsp3) is 0.897. The molecule has 0 aromatic heterocycles. The second-order valence-electron chi connectivity index (χ2n) is 13.0. The highest BCUT2D eigenvalue weighted by molar-refractivity contribution is 5.69. The maximum atomic E-state index is 12.4. The van der Waals surface area contributed by atoms with E-state index in [1.165, 1.54) is 21.0 Å². The number of epoxide rings is 1. The Morgan fingerprint density at radius 2 is 1.69 bits per heavy atom. The van der Waals surface area contributed by atoms with Gasteiger partial charge < -0.3 is 18.9 Å². The van der Waals surface area contributed by atoms with Gasteiger partial charge in [0.15, 0.2) is 0 Å². The maximum Gasteiger partial charge on any atom is 0.305 e. The van der Waals surface area contributed by atoms with Crippen LogP contribution < -0.4 is 0 Å². The van der Waals surface area contributed by atoms with Crippen molar-refractivity contribution in [2.45, 2.75) is 122 Å². The number of rotatable bonds is 6. The third-order valence-electron chi connectivity index (χ3n) is 11.6. The Hall–Kier alpha value is -1.63. The molecule has 5 fully saturated rings. The average Bonchev–Trinajstić information content (AvgIpc) is 3.38. The van der Waals surface area contributed by atoms with Gasteiger partial charge in [0, 0.05) is 25.7 Å². The van der Waals surface area contributed by atoms with Crippen molar-refractivity contribution in [3.05, 3.63) is 0 Å². The monoisotopic (exact) mass is 504 g/mol. The molecule has 0 unspecified atom stereocenters. The Labute approximate surface area is 215 Å². The predicted octanol–water partition coefficient (Wildman–Crippen LogP) is 4.98. The second kappa shape index (κ2) is 8.71. The lowest BCUT2D eigenvalue weighted by molar-refractivity contribution is -0.177. The lowest BCUT2D eigenvalue weighted by Crippen LogP contribution is -2.64. The van der Waals surface area contributed by atoms with Gasteiger partial charge in [-0.15, -0.1) is 0 Å². The third-order valence-corrected chi connectivity index (χ3v) is 11.6. The molecular weight excluding hydrogens is 460 g/mol. The van der Waals surface area contributed by atoms with E-state index in [4.69, 9.17) is 18.9 Å². The van der Waals surface area contributed by atoms with Gasteiger partial charge in [0.25, 0.3) is 0 Å². The van der Waals surface area contributed by atoms with Crippen LogP contribution in [0.5, 0.6) is 0 Å². The van der Waals surface area contributed by atoms with E-state index in [0.29, 0.717) is 30.1 Å². The molecule has 5 aliphatic rings. The topological polar surface area (TPSA) is 91.4 Å². The van der Waals surface area contributed by atoms with Crippen LogP contribution in [-0.4, -0.2) is 48.4 Å². The normalized spacial score (nSPS) is 47.3. The van der Waals surface area contributed by atoms with Gasteiger partial charge in [0.1, 0.15) is 23.4 Å². The Morgan fingerprint density at radius 1 is 0.972 bits per heavy atom. The summed E-state index contributed by atoms with van der Waals surface area (Å²) in [6, 6.07) is 0. The molecule has 5 rings (SSSR count). The number of fused-ring (bicyclic) bond motifs is 2. The van der Waals surface area contributed by atoms with Crippen LogP contribution in [0.15, 0.2) is 0 Å². The lowest BCUT2D eigenvalue weighted by Gasteiger charge is -2.60. The van der Waals surface area contributed by atoms with E-state index < -0.39 is 0 Å². The fourth-order valence-electron chi connectivity index (χ4n) is 9.98. The first kappa shape index (κ1) is 26.0. The lowest BCUT2D eigenvalue weighted by atomic mass is 9.43. The number of carbonyl (C=O) groups excluding carboxylic acids is 3. The van der Waals surface area contributed by atoms with E-state index in [0.717, 1.165) is 57.8 Å². The summed E-state index contributed by atoms with van der Waals surface area (Å²) in [4.78, 5) is 35.9. The highest BCUT2D eigenvalue weighted by Crippen LogP contribution is 2.82. The maximum absolute atomic E-state index is 12.4. The van der Waals surface area contributed by atoms with E-state index in [1.54, 1.807) is 0 Å². The average molecular weight is 505 g/mol. The number of carbonyl (C=O) groups is 3. The van der Waals surface area contributed by atoms with E-state index in [-0.39, 0.29) is 52.1 Å². The van der Waals surface area contributed by atoms with Crippen LogP contribution >= 0.6 is 0 Å². The number of esters is 3. The van der Waals surface area contributed by atoms with Crippen LogP contribution in [0.2, 0.25) is 0 Å². The Kier molecular flexibility index (Phi) is 6.29. The van der Waals surface area contributed by atoms with Gasteiger partial charge in [-0.25, -0.2) is 0 Å². The molecule has 1 saturated heterocycles. The summed E-state index contributed by atoms with van der Waals surface area (Å²) in [6.45, 7) is 9.98. The first-order chi connectivity index (χ1) is 16.9. The van der Waals surface area contributed by atoms with Crippen LogP contribution in [-0.2, 0) is 33.3 Å². The molecule has 7 nitrogen and oxygen atoms in total. The highest BCUT2D eigenvalue weighted by atomic mass is 16.6. The molecule has 0 radical (unpaired) electrons. The molecule has 202 valence electrons. The molecular formula is C29H44O7. The Morgan fingerprint density at radius 3 is 2.36 bits per heavy atom. The van der Waals surface area contributed by atoms with Crippen molar-refractivity contribution in [3.63, 3.8) is 0 Å². The summed E-state index contributed by atoms with van der Waals surface area (Å²) in [5.41, 5.74) is -0.627. The summed E-state index contributed by atoms with van der Waals surface area (Å²) in [5, 5.41) is 0. The summed E-state index contributed by atoms with van der Waals surface area (Å²) in [5.74, 6) is 0.826. The molecule has 0 aromatic rings. The molecule has 4 saturated carbocycles. The molecule has 7 heteroatoms. The summed E-state index contributed by atoms with van der Waals surface area (Å²) in [6.07, 6.45) is 8.73. The number of hydrogen-bond donors (Lipinski definition) is 0. The van der Waals surface area contributed by atoms with Crippen LogP contribution in [0.25, 0.3) is 0 Å². The largest absolute Gasteiger partial charge is 0.469 e. The molecule has 1 heterocycles. The summed E-state index contributed by atoms with van der Waals surface area (Å²) in [7, 11) is 1.44. The van der Waals surface area contributed by atoms with Crippen molar-refractivity contribution in [2.75, 3.05) is 7.11 Å². The molecule has 4 aliphatic carbocycles. The highest BCUT2D eigenvalue weighted by Gasteiger charge is 2.88. The van der Waals surface area contributed by atoms with Crippen molar-refractivity contribution in [2.24, 2.45) is 34.5 Å². The van der Waals surface area contributed by atoms with Crippen molar-refractivity contribution in [1.29, 1.82) is 0 Å². The fourth-order valence-corrected chi connectivity index (χ4v) is 9.98. The first-order valence-corrected chi connectivity index (χ1v) is 14.0. The van der Waals surface area contributed by atoms with Gasteiger partial charge in [-0.3, -0.25) is 14.4 Å². The minimum absolute atomic E-state index is 0.00773. The van der Waals surface area contributed by atoms with Crippen LogP contribution in [0.1, 0.15) is 98.8 Å². The zero-order chi connectivity index (χ0) is 26.1. The van der Waals surface area contributed by atoms with Crippen molar-refractivity contribution < 1.29 is 33.3 Å². The van der Waals surface area contributed by atoms with Gasteiger partial charge in [-0.1, -0.05) is 20.8 Å². The quantitative estimate of drug-likeness (QED) is 0.286. The molecule has 0 N–H and O–H groups in total. The minimum Gasteiger partial charge on any atom is -0.469 e. The Bertz CT molecular complexity index is 933. The zero-order valence-corrected chi connectivity index (χ0v) is 22.9. The standard InChI is InChI=1S/C29H44O7/c1-17(7-8-25(32)33-6)22-11-14-29-27(22,5)24(35-19(3)31)16-23-26(4)12-10-21(34-18(2)30)15-20(26)9-13-28(23,29)36-29/h17,20-24H,7-16H2,1-6H3/t17-,20-,21-,22-,23-,24+,26+,27+,28+,29-/m1/s1. The molecule has 10 atom stereocenters. The third kappa shape index (κ3) is 3.50. The van der Waals surface area contributed by atoms with Gasteiger partial charge in [-0.05, 0) is 86.9 Å². The van der Waals surface area contributed by atoms with E-state index in [9.17, 15) is 14.4 Å². The van der Waals surface area contributed by atoms with Gasteiger partial charge >= 0.3 is 17.9 Å². The summed E-state index contributed by atoms with van der Waals surface area (Å²) >= 11 is 0. The smallest absolute Gasteiger partial charge is 0.305 e. The van der Waals surface area contributed by atoms with E-state index in [1.807, 2.05) is 0 Å². The second-order valence-corrected chi connectivity index (χ2v) is 13.0. The first-order valence-electron chi connectivity index (χ1n) is 14.0. The Balaban J connectivity index is 1.45. The van der Waals surface area contributed by atoms with Crippen LogP contribution in [0, 0.1) is 34.5 Å². The molecule has 0 bridgehead atoms. The van der Waals surface area contributed by atoms with Crippen molar-refractivity contribution in [3.8, 4) is 0 Å². The molecule has 0 aromatic carbocycles. The van der Waals surface area contributed by atoms with Crippen molar-refractivity contribution in [1.82, 2.24) is 0 Å². The van der Waals surface area contributed by atoms with Gasteiger partial charge in [0.05, 0.1) is 7.11 Å². The molecule has 2 spiro atoms. The van der Waals surface area contributed by atoms with Crippen LogP contribution in [0.3, 0.4) is 0 Å². The summed E-state index contributed by atoms with van der Waals surface area (Å²) < 4.78 is 23.8. The number of hydrogen-bond acceptors (Lipinski definition) is 7. The van der Waals surface area contributed by atoms with Crippen molar-refractivity contribution >= 4 is 17.9 Å². The predicted molar refractivity (Wildman–Crippen MR) is 132 cm³/mol. The van der Waals surface area contributed by atoms with Gasteiger partial charge in [0.2, 0.25) is 0 Å². The molecule has 0 amide bonds. The van der Waals surface area contributed by atoms with E-state index >= 15 is 0 Å². The minimum atomic E-state index is -0.275. The zero-order valence-electron chi connectivity index (χ0n) is 22.9. The SMILES string of the molecule is COC(=O)CC[C@@H](C)[C@H]1CC[C@]23O[C@]24CC[C@@H]2C[C@H](OC(C)=O)CC[C@]2(C)[C@H]4C[C@H](OC(C)=O)[C@]13C. The van der Waals surface area contributed by atoms with Crippen LogP contribution in [0.4, 0.5) is 0 Å². The van der Waals surface area contributed by atoms with E-state index in [2.05, 4.69) is 20.8 Å². The molecule has 1 aliphatic heterocycles. The van der Waals surface area contributed by atoms with Gasteiger partial charge in [-0.2, -0.15) is 0 Å². The number of ether oxygens (including phenoxy) is 4.